The van der Waals surface area contributed by atoms with E-state index in [-0.39, 0.29) is 97.0 Å². The second-order valence-corrected chi connectivity index (χ2v) is 32.0. The van der Waals surface area contributed by atoms with Crippen LogP contribution in [0.25, 0.3) is 0 Å². The summed E-state index contributed by atoms with van der Waals surface area (Å²) in [6.45, 7) is 16.6. The van der Waals surface area contributed by atoms with E-state index in [1.54, 1.807) is 47.0 Å². The molecule has 504 valence electrons. The molecule has 0 aliphatic carbocycles. The number of unbranched alkanes of at least 4 members (excludes halogenated alkanes) is 40. The van der Waals surface area contributed by atoms with Crippen LogP contribution in [0.15, 0.2) is 0 Å². The molecule has 0 aromatic heterocycles. The minimum atomic E-state index is -1.27. The van der Waals surface area contributed by atoms with Crippen LogP contribution in [0.1, 0.15) is 364 Å². The van der Waals surface area contributed by atoms with Crippen molar-refractivity contribution in [3.8, 4) is 0 Å². The first kappa shape index (κ1) is 84.3. The highest BCUT2D eigenvalue weighted by molar-refractivity contribution is 8.00. The maximum Gasteiger partial charge on any atom is 0.306 e. The zero-order valence-corrected chi connectivity index (χ0v) is 60.6. The number of esters is 4. The van der Waals surface area contributed by atoms with Gasteiger partial charge in [-0.15, -0.1) is 0 Å². The number of carbonyl (C=O) groups is 4. The van der Waals surface area contributed by atoms with E-state index in [4.69, 9.17) is 18.9 Å². The summed E-state index contributed by atoms with van der Waals surface area (Å²) in [4.78, 5) is 54.7. The van der Waals surface area contributed by atoms with Crippen LogP contribution in [-0.4, -0.2) is 94.3 Å². The monoisotopic (exact) mass is 1270 g/mol. The van der Waals surface area contributed by atoms with Crippen LogP contribution in [-0.2, 0) is 38.1 Å². The van der Waals surface area contributed by atoms with Gasteiger partial charge in [0.15, 0.2) is 0 Å². The van der Waals surface area contributed by atoms with Gasteiger partial charge < -0.3 is 18.9 Å². The van der Waals surface area contributed by atoms with Crippen molar-refractivity contribution in [2.45, 2.75) is 385 Å². The van der Waals surface area contributed by atoms with Crippen molar-refractivity contribution in [3.63, 3.8) is 0 Å². The molecular formula is C73H140O8S4. The normalized spacial score (nSPS) is 13.7. The van der Waals surface area contributed by atoms with Crippen LogP contribution in [0.2, 0.25) is 0 Å². The van der Waals surface area contributed by atoms with Crippen LogP contribution >= 0.6 is 47.0 Å². The van der Waals surface area contributed by atoms with E-state index in [0.29, 0.717) is 0 Å². The summed E-state index contributed by atoms with van der Waals surface area (Å²) in [6, 6.07) is 0. The first-order chi connectivity index (χ1) is 41.4. The highest BCUT2D eigenvalue weighted by Gasteiger charge is 2.38. The molecule has 0 heterocycles. The van der Waals surface area contributed by atoms with E-state index >= 15 is 0 Å². The molecule has 12 heteroatoms. The molecule has 0 N–H and O–H groups in total. The second-order valence-electron chi connectivity index (χ2n) is 25.8. The van der Waals surface area contributed by atoms with Crippen molar-refractivity contribution in [2.24, 2.45) is 5.41 Å². The quantitative estimate of drug-likeness (QED) is 0.0329. The second kappa shape index (κ2) is 64.8. The molecule has 0 rings (SSSR count). The Labute approximate surface area is 545 Å². The highest BCUT2D eigenvalue weighted by Crippen LogP contribution is 2.28. The Morgan fingerprint density at radius 3 is 0.541 bits per heavy atom. The molecule has 0 saturated heterocycles. The molecule has 0 saturated carbocycles. The molecule has 0 aromatic carbocycles. The lowest BCUT2D eigenvalue weighted by molar-refractivity contribution is -0.170. The van der Waals surface area contributed by atoms with Gasteiger partial charge in [0, 0.05) is 21.0 Å². The number of hydrogen-bond donors (Lipinski definition) is 0. The maximum absolute atomic E-state index is 13.7. The Hall–Kier alpha value is -0.720. The van der Waals surface area contributed by atoms with Gasteiger partial charge in [-0.25, -0.2) is 0 Å². The predicted molar refractivity (Wildman–Crippen MR) is 378 cm³/mol. The molecule has 0 amide bonds. The fraction of sp³-hybridized carbons (Fsp3) is 0.945. The Bertz CT molecular complexity index is 1260. The molecular weight excluding hydrogens is 1130 g/mol. The summed E-state index contributed by atoms with van der Waals surface area (Å²) in [5.41, 5.74) is -1.27. The third kappa shape index (κ3) is 60.6. The molecule has 0 aliphatic heterocycles. The number of carbonyl (C=O) groups excluding carboxylic acids is 4. The summed E-state index contributed by atoms with van der Waals surface area (Å²) < 4.78 is 24.3. The molecule has 0 radical (unpaired) electrons. The van der Waals surface area contributed by atoms with Crippen molar-refractivity contribution >= 4 is 70.9 Å². The van der Waals surface area contributed by atoms with E-state index in [2.05, 4.69) is 55.4 Å². The SMILES string of the molecule is CCCCCCCCCCCCCSC(C)CC(=O)OCC(COC(=O)CC(C)SCCCCCCCCCCCCC)(COC(=O)CC(C)SCCCCCCCCCCCCC)COC(=O)CC(C)SCCCCCCCCCCCCC. The van der Waals surface area contributed by atoms with Crippen molar-refractivity contribution in [3.05, 3.63) is 0 Å². The first-order valence-corrected chi connectivity index (χ1v) is 40.7. The van der Waals surface area contributed by atoms with Crippen LogP contribution in [0.4, 0.5) is 0 Å². The molecule has 0 aromatic rings. The van der Waals surface area contributed by atoms with E-state index in [0.717, 1.165) is 48.7 Å². The summed E-state index contributed by atoms with van der Waals surface area (Å²) in [7, 11) is 0. The average molecular weight is 1270 g/mol. The largest absolute Gasteiger partial charge is 0.465 e. The van der Waals surface area contributed by atoms with E-state index in [1.165, 1.54) is 257 Å². The van der Waals surface area contributed by atoms with Crippen LogP contribution in [0.3, 0.4) is 0 Å². The van der Waals surface area contributed by atoms with Crippen LogP contribution < -0.4 is 0 Å². The Morgan fingerprint density at radius 1 is 0.247 bits per heavy atom. The molecule has 4 atom stereocenters. The number of rotatable bonds is 68. The minimum Gasteiger partial charge on any atom is -0.465 e. The zero-order valence-electron chi connectivity index (χ0n) is 57.3. The lowest BCUT2D eigenvalue weighted by Crippen LogP contribution is -2.44. The van der Waals surface area contributed by atoms with Crippen molar-refractivity contribution in [1.29, 1.82) is 0 Å². The van der Waals surface area contributed by atoms with Gasteiger partial charge in [0.05, 0.1) is 25.7 Å². The summed E-state index contributed by atoms with van der Waals surface area (Å²) in [5, 5.41) is 0.262. The van der Waals surface area contributed by atoms with Crippen molar-refractivity contribution < 1.29 is 38.1 Å². The van der Waals surface area contributed by atoms with Gasteiger partial charge in [-0.3, -0.25) is 19.2 Å². The molecule has 8 nitrogen and oxygen atoms in total. The van der Waals surface area contributed by atoms with Crippen LogP contribution in [0, 0.1) is 5.41 Å². The van der Waals surface area contributed by atoms with Gasteiger partial charge in [-0.1, -0.05) is 312 Å². The van der Waals surface area contributed by atoms with Gasteiger partial charge in [-0.05, 0) is 48.7 Å². The van der Waals surface area contributed by atoms with Gasteiger partial charge in [0.25, 0.3) is 0 Å². The third-order valence-corrected chi connectivity index (χ3v) is 21.6. The fourth-order valence-electron chi connectivity index (χ4n) is 10.8. The van der Waals surface area contributed by atoms with E-state index < -0.39 is 5.41 Å². The Morgan fingerprint density at radius 2 is 0.388 bits per heavy atom. The molecule has 0 bridgehead atoms. The van der Waals surface area contributed by atoms with Gasteiger partial charge >= 0.3 is 23.9 Å². The van der Waals surface area contributed by atoms with Gasteiger partial charge in [-0.2, -0.15) is 47.0 Å². The topological polar surface area (TPSA) is 105 Å². The molecule has 85 heavy (non-hydrogen) atoms. The van der Waals surface area contributed by atoms with Crippen molar-refractivity contribution in [2.75, 3.05) is 49.4 Å². The molecule has 4 unspecified atom stereocenters. The lowest BCUT2D eigenvalue weighted by atomic mass is 9.92. The number of ether oxygens (including phenoxy) is 4. The summed E-state index contributed by atoms with van der Waals surface area (Å²) >= 11 is 7.22. The highest BCUT2D eigenvalue weighted by atomic mass is 32.2. The predicted octanol–water partition coefficient (Wildman–Crippen LogP) is 23.4. The van der Waals surface area contributed by atoms with E-state index in [1.807, 2.05) is 0 Å². The molecule has 0 fully saturated rings. The van der Waals surface area contributed by atoms with Gasteiger partial charge in [0.2, 0.25) is 0 Å². The molecule has 0 spiro atoms. The number of hydrogen-bond acceptors (Lipinski definition) is 12. The fourth-order valence-corrected chi connectivity index (χ4v) is 14.9. The molecule has 0 aliphatic rings. The smallest absolute Gasteiger partial charge is 0.306 e. The van der Waals surface area contributed by atoms with Crippen molar-refractivity contribution in [1.82, 2.24) is 0 Å². The van der Waals surface area contributed by atoms with E-state index in [9.17, 15) is 19.2 Å². The Balaban J connectivity index is 5.78. The van der Waals surface area contributed by atoms with Crippen LogP contribution in [0.5, 0.6) is 0 Å². The Kier molecular flexibility index (Phi) is 64.2. The first-order valence-electron chi connectivity index (χ1n) is 36.5. The summed E-state index contributed by atoms with van der Waals surface area (Å²) in [6.07, 6.45) is 58.3. The van der Waals surface area contributed by atoms with Gasteiger partial charge in [0.1, 0.15) is 31.8 Å². The third-order valence-electron chi connectivity index (χ3n) is 16.6. The number of thioether (sulfide) groups is 4. The standard InChI is InChI=1S/C73H140O8S4/c1-9-13-17-21-25-29-33-37-41-45-49-53-82-65(5)57-69(74)78-61-73(62-79-70(75)58-66(6)83-54-50-46-42-38-34-30-26-22-18-14-10-2,63-80-71(76)59-67(7)84-55-51-47-43-39-35-31-27-23-19-15-11-3)64-81-72(77)60-68(8)85-56-52-48-44-40-36-32-28-24-20-16-12-4/h65-68H,9-64H2,1-8H3. The lowest BCUT2D eigenvalue weighted by Gasteiger charge is -2.32. The minimum absolute atomic E-state index is 0.0655. The average Bonchev–Trinajstić information content (AvgIpc) is 3.50. The maximum atomic E-state index is 13.7. The summed E-state index contributed by atoms with van der Waals surface area (Å²) in [5.74, 6) is 2.55. The zero-order chi connectivity index (χ0) is 62.4.